The Balaban J connectivity index is 2.38. The summed E-state index contributed by atoms with van der Waals surface area (Å²) in [6.45, 7) is 0. The number of amides is 2. The van der Waals surface area contributed by atoms with Crippen molar-refractivity contribution in [1.82, 2.24) is 14.9 Å². The molecule has 0 aliphatic carbocycles. The fourth-order valence-electron chi connectivity index (χ4n) is 3.17. The van der Waals surface area contributed by atoms with Crippen LogP contribution in [0.3, 0.4) is 0 Å². The second kappa shape index (κ2) is 9.60. The van der Waals surface area contributed by atoms with Gasteiger partial charge >= 0.3 is 18.3 Å². The summed E-state index contributed by atoms with van der Waals surface area (Å²) in [5, 5.41) is 3.68. The van der Waals surface area contributed by atoms with Gasteiger partial charge in [-0.3, -0.25) is 19.5 Å². The van der Waals surface area contributed by atoms with Gasteiger partial charge in [0.25, 0.3) is 0 Å². The first kappa shape index (κ1) is 25.5. The summed E-state index contributed by atoms with van der Waals surface area (Å²) in [7, 11) is 1.26. The predicted octanol–water partition coefficient (Wildman–Crippen LogP) is 4.71. The molecule has 13 heteroatoms. The van der Waals surface area contributed by atoms with Crippen molar-refractivity contribution >= 4 is 23.3 Å². The third kappa shape index (κ3) is 5.67. The van der Waals surface area contributed by atoms with Gasteiger partial charge in [-0.25, -0.2) is 9.37 Å². The second-order valence-electron chi connectivity index (χ2n) is 6.96. The molecule has 0 fully saturated rings. The molecule has 3 aromatic rings. The Morgan fingerprint density at radius 3 is 2.26 bits per heavy atom. The van der Waals surface area contributed by atoms with E-state index in [2.05, 4.69) is 10.3 Å². The van der Waals surface area contributed by atoms with Crippen LogP contribution in [0.1, 0.15) is 16.7 Å². The van der Waals surface area contributed by atoms with Gasteiger partial charge < -0.3 is 5.32 Å². The number of nitrogens with one attached hydrogen (secondary N) is 2. The van der Waals surface area contributed by atoms with Gasteiger partial charge in [0.05, 0.1) is 11.3 Å². The van der Waals surface area contributed by atoms with Crippen LogP contribution in [0.15, 0.2) is 60.9 Å². The number of hydrogen-bond donors (Lipinski definition) is 2. The number of hydrogen-bond acceptors (Lipinski definition) is 3. The van der Waals surface area contributed by atoms with Gasteiger partial charge in [0.1, 0.15) is 5.82 Å². The Labute approximate surface area is 193 Å². The van der Waals surface area contributed by atoms with E-state index in [1.165, 1.54) is 36.6 Å². The van der Waals surface area contributed by atoms with Crippen molar-refractivity contribution in [2.45, 2.75) is 12.4 Å². The van der Waals surface area contributed by atoms with Crippen LogP contribution in [0.25, 0.3) is 11.3 Å². The van der Waals surface area contributed by atoms with E-state index in [0.717, 1.165) is 18.5 Å². The minimum atomic E-state index is -5.36. The van der Waals surface area contributed by atoms with E-state index < -0.39 is 52.7 Å². The average Bonchev–Trinajstić information content (AvgIpc) is 3.23. The van der Waals surface area contributed by atoms with Crippen LogP contribution in [0, 0.1) is 5.82 Å². The van der Waals surface area contributed by atoms with Gasteiger partial charge in [-0.1, -0.05) is 30.3 Å². The lowest BCUT2D eigenvalue weighted by atomic mass is 9.93. The Kier molecular flexibility index (Phi) is 6.99. The zero-order chi connectivity index (χ0) is 26.0. The Hall–Kier alpha value is -4.16. The molecule has 0 spiro atoms. The number of halogens is 7. The summed E-state index contributed by atoms with van der Waals surface area (Å²) >= 11 is 0. The number of rotatable bonds is 5. The summed E-state index contributed by atoms with van der Waals surface area (Å²) in [6, 6.07) is 8.35. The molecular weight excluding hydrogens is 485 g/mol. The van der Waals surface area contributed by atoms with Crippen molar-refractivity contribution in [3.8, 4) is 5.69 Å². The highest BCUT2D eigenvalue weighted by molar-refractivity contribution is 6.00. The third-order valence-corrected chi connectivity index (χ3v) is 4.64. The fourth-order valence-corrected chi connectivity index (χ4v) is 3.17. The minimum absolute atomic E-state index is 0.150. The van der Waals surface area contributed by atoms with Crippen LogP contribution < -0.4 is 10.6 Å². The molecule has 0 saturated heterocycles. The molecule has 0 aliphatic heterocycles. The first-order valence-corrected chi connectivity index (χ1v) is 9.64. The predicted molar refractivity (Wildman–Crippen MR) is 111 cm³/mol. The molecule has 1 aromatic heterocycles. The van der Waals surface area contributed by atoms with Crippen molar-refractivity contribution in [3.63, 3.8) is 0 Å². The van der Waals surface area contributed by atoms with E-state index in [0.29, 0.717) is 10.6 Å². The Morgan fingerprint density at radius 2 is 1.69 bits per heavy atom. The first-order valence-electron chi connectivity index (χ1n) is 9.64. The lowest BCUT2D eigenvalue weighted by Crippen LogP contribution is -2.31. The molecule has 6 nitrogen and oxygen atoms in total. The summed E-state index contributed by atoms with van der Waals surface area (Å²) in [5.74, 6) is -5.45. The maximum Gasteiger partial charge on any atom is 0.471 e. The molecule has 0 radical (unpaired) electrons. The number of anilines is 1. The molecular formula is C22H15F7N4O2. The van der Waals surface area contributed by atoms with Crippen molar-refractivity contribution in [3.05, 3.63) is 83.4 Å². The zero-order valence-corrected chi connectivity index (χ0v) is 17.6. The number of imidazole rings is 1. The monoisotopic (exact) mass is 500 g/mol. The number of aromatic nitrogens is 2. The summed E-state index contributed by atoms with van der Waals surface area (Å²) in [5.41, 5.74) is -2.89. The molecule has 2 N–H and O–H groups in total. The molecule has 0 aliphatic rings. The molecule has 2 amide bonds. The number of nitrogens with zero attached hydrogens (tertiary/aromatic N) is 2. The van der Waals surface area contributed by atoms with E-state index >= 15 is 0 Å². The summed E-state index contributed by atoms with van der Waals surface area (Å²) in [4.78, 5) is 27.1. The quantitative estimate of drug-likeness (QED) is 0.394. The highest BCUT2D eigenvalue weighted by Gasteiger charge is 2.41. The lowest BCUT2D eigenvalue weighted by molar-refractivity contribution is -0.167. The largest absolute Gasteiger partial charge is 0.471 e. The molecule has 2 aromatic carbocycles. The van der Waals surface area contributed by atoms with Gasteiger partial charge in [0.2, 0.25) is 11.9 Å². The average molecular weight is 500 g/mol. The number of benzene rings is 2. The normalized spacial score (nSPS) is 12.4. The van der Waals surface area contributed by atoms with E-state index in [4.69, 9.17) is 0 Å². The van der Waals surface area contributed by atoms with Crippen molar-refractivity contribution in [1.29, 1.82) is 0 Å². The SMILES string of the molecule is CNC(=O)/C=C(\c1ccccc1)c1cc(F)cc(C(F)(F)F)c1-n1ccnc1NC(=O)C(F)(F)F. The highest BCUT2D eigenvalue weighted by atomic mass is 19.4. The van der Waals surface area contributed by atoms with Crippen LogP contribution in [0.4, 0.5) is 36.7 Å². The summed E-state index contributed by atoms with van der Waals surface area (Å²) < 4.78 is 95.4. The van der Waals surface area contributed by atoms with Crippen LogP contribution in [-0.2, 0) is 15.8 Å². The lowest BCUT2D eigenvalue weighted by Gasteiger charge is -2.21. The molecule has 184 valence electrons. The van der Waals surface area contributed by atoms with E-state index in [1.54, 1.807) is 6.07 Å². The number of likely N-dealkylation sites (N-methyl/N-ethyl adjacent to an activating group) is 1. The Bertz CT molecular complexity index is 1280. The Morgan fingerprint density at radius 1 is 1.03 bits per heavy atom. The number of carbonyl (C=O) groups excluding carboxylic acids is 2. The topological polar surface area (TPSA) is 76.0 Å². The van der Waals surface area contributed by atoms with Gasteiger partial charge in [-0.15, -0.1) is 0 Å². The smallest absolute Gasteiger partial charge is 0.356 e. The van der Waals surface area contributed by atoms with Crippen molar-refractivity contribution in [2.75, 3.05) is 12.4 Å². The van der Waals surface area contributed by atoms with Crippen LogP contribution in [0.2, 0.25) is 0 Å². The molecule has 0 saturated carbocycles. The van der Waals surface area contributed by atoms with E-state index in [-0.39, 0.29) is 17.2 Å². The number of carbonyl (C=O) groups is 2. The van der Waals surface area contributed by atoms with Gasteiger partial charge in [-0.2, -0.15) is 26.3 Å². The van der Waals surface area contributed by atoms with Gasteiger partial charge in [0, 0.05) is 31.1 Å². The van der Waals surface area contributed by atoms with Crippen LogP contribution >= 0.6 is 0 Å². The van der Waals surface area contributed by atoms with Gasteiger partial charge in [0.15, 0.2) is 0 Å². The molecule has 35 heavy (non-hydrogen) atoms. The first-order chi connectivity index (χ1) is 16.3. The zero-order valence-electron chi connectivity index (χ0n) is 17.6. The standard InChI is InChI=1S/C22H15F7N4O2/c1-30-17(34)11-14(12-5-3-2-4-6-12)15-9-13(23)10-16(21(24,25)26)18(15)33-8-7-31-20(33)32-19(35)22(27,28)29/h2-11H,1H3,(H,30,34)(H,31,32,35)/b14-11+. The van der Waals surface area contributed by atoms with Crippen LogP contribution in [-0.4, -0.2) is 34.6 Å². The van der Waals surface area contributed by atoms with E-state index in [1.807, 2.05) is 0 Å². The molecule has 0 atom stereocenters. The minimum Gasteiger partial charge on any atom is -0.356 e. The molecule has 1 heterocycles. The molecule has 0 bridgehead atoms. The second-order valence-corrected chi connectivity index (χ2v) is 6.96. The fraction of sp³-hybridized carbons (Fsp3) is 0.136. The van der Waals surface area contributed by atoms with E-state index in [9.17, 15) is 40.3 Å². The summed E-state index contributed by atoms with van der Waals surface area (Å²) in [6.07, 6.45) is -7.91. The van der Waals surface area contributed by atoms with Crippen molar-refractivity contribution < 1.29 is 40.3 Å². The maximum atomic E-state index is 14.5. The molecule has 3 rings (SSSR count). The van der Waals surface area contributed by atoms with Gasteiger partial charge in [-0.05, 0) is 23.3 Å². The molecule has 0 unspecified atom stereocenters. The highest BCUT2D eigenvalue weighted by Crippen LogP contribution is 2.41. The third-order valence-electron chi connectivity index (χ3n) is 4.64. The number of alkyl halides is 6. The van der Waals surface area contributed by atoms with Crippen LogP contribution in [0.5, 0.6) is 0 Å². The maximum absolute atomic E-state index is 14.5. The van der Waals surface area contributed by atoms with Crippen molar-refractivity contribution in [2.24, 2.45) is 0 Å².